The van der Waals surface area contributed by atoms with Gasteiger partial charge in [-0.25, -0.2) is 9.97 Å². The van der Waals surface area contributed by atoms with Gasteiger partial charge in [0.15, 0.2) is 11.0 Å². The number of aliphatic hydroxyl groups is 1. The first kappa shape index (κ1) is 13.6. The van der Waals surface area contributed by atoms with Gasteiger partial charge in [-0.3, -0.25) is 0 Å². The van der Waals surface area contributed by atoms with Crippen LogP contribution >= 0.6 is 11.6 Å². The summed E-state index contributed by atoms with van der Waals surface area (Å²) in [5.41, 5.74) is 1.07. The molecule has 100 valence electrons. The predicted molar refractivity (Wildman–Crippen MR) is 73.0 cm³/mol. The van der Waals surface area contributed by atoms with Crippen LogP contribution in [0.2, 0.25) is 5.15 Å². The maximum absolute atomic E-state index is 10.4. The van der Waals surface area contributed by atoms with Crippen LogP contribution in [-0.4, -0.2) is 27.2 Å². The molecule has 2 rings (SSSR count). The van der Waals surface area contributed by atoms with E-state index in [1.54, 1.807) is 0 Å². The van der Waals surface area contributed by atoms with Crippen molar-refractivity contribution in [3.63, 3.8) is 0 Å². The van der Waals surface area contributed by atoms with Crippen molar-refractivity contribution in [1.29, 1.82) is 0 Å². The molecule has 0 amide bonds. The summed E-state index contributed by atoms with van der Waals surface area (Å²) >= 11 is 6.05. The smallest absolute Gasteiger partial charge is 0.171 e. The van der Waals surface area contributed by atoms with Crippen LogP contribution in [0.25, 0.3) is 0 Å². The van der Waals surface area contributed by atoms with Gasteiger partial charge in [0, 0.05) is 6.54 Å². The lowest BCUT2D eigenvalue weighted by Gasteiger charge is -2.32. The van der Waals surface area contributed by atoms with E-state index >= 15 is 0 Å². The van der Waals surface area contributed by atoms with E-state index in [-0.39, 0.29) is 0 Å². The van der Waals surface area contributed by atoms with Crippen LogP contribution in [0.4, 0.5) is 5.82 Å². The first-order chi connectivity index (χ1) is 8.50. The van der Waals surface area contributed by atoms with Gasteiger partial charge in [-0.05, 0) is 26.7 Å². The second-order valence-electron chi connectivity index (χ2n) is 5.17. The molecule has 0 saturated heterocycles. The van der Waals surface area contributed by atoms with Crippen molar-refractivity contribution in [2.45, 2.75) is 51.6 Å². The maximum atomic E-state index is 10.4. The predicted octanol–water partition coefficient (Wildman–Crippen LogP) is 2.85. The Morgan fingerprint density at radius 2 is 1.78 bits per heavy atom. The third-order valence-electron chi connectivity index (χ3n) is 3.63. The number of hydrogen-bond donors (Lipinski definition) is 2. The lowest BCUT2D eigenvalue weighted by molar-refractivity contribution is 0.0166. The molecule has 1 aromatic rings. The standard InChI is InChI=1S/C13H20ClN3O/c1-9-10(2)17-12(11(14)16-9)15-8-13(18)6-4-3-5-7-13/h18H,3-8H2,1-2H3,(H,15,17). The van der Waals surface area contributed by atoms with Gasteiger partial charge in [0.2, 0.25) is 0 Å². The summed E-state index contributed by atoms with van der Waals surface area (Å²) in [5.74, 6) is 0.568. The Balaban J connectivity index is 2.03. The molecule has 0 radical (unpaired) electrons. The van der Waals surface area contributed by atoms with Gasteiger partial charge in [-0.2, -0.15) is 0 Å². The molecule has 5 heteroatoms. The van der Waals surface area contributed by atoms with Crippen LogP contribution < -0.4 is 5.32 Å². The minimum absolute atomic E-state index is 0.373. The maximum Gasteiger partial charge on any atom is 0.171 e. The van der Waals surface area contributed by atoms with E-state index in [2.05, 4.69) is 15.3 Å². The Hall–Kier alpha value is -0.870. The molecule has 0 bridgehead atoms. The van der Waals surface area contributed by atoms with Crippen LogP contribution in [0.3, 0.4) is 0 Å². The van der Waals surface area contributed by atoms with Gasteiger partial charge in [-0.1, -0.05) is 30.9 Å². The molecule has 0 aromatic carbocycles. The Morgan fingerprint density at radius 1 is 1.17 bits per heavy atom. The van der Waals surface area contributed by atoms with E-state index in [4.69, 9.17) is 11.6 Å². The number of halogens is 1. The molecule has 1 saturated carbocycles. The fourth-order valence-corrected chi connectivity index (χ4v) is 2.56. The van der Waals surface area contributed by atoms with Crippen LogP contribution in [0.15, 0.2) is 0 Å². The molecular weight excluding hydrogens is 250 g/mol. The van der Waals surface area contributed by atoms with E-state index in [1.165, 1.54) is 6.42 Å². The van der Waals surface area contributed by atoms with Crippen LogP contribution in [0.1, 0.15) is 43.5 Å². The van der Waals surface area contributed by atoms with Gasteiger partial charge in [0.05, 0.1) is 17.0 Å². The van der Waals surface area contributed by atoms with Crippen molar-refractivity contribution < 1.29 is 5.11 Å². The highest BCUT2D eigenvalue weighted by atomic mass is 35.5. The van der Waals surface area contributed by atoms with Crippen molar-refractivity contribution >= 4 is 17.4 Å². The van der Waals surface area contributed by atoms with Gasteiger partial charge >= 0.3 is 0 Å². The van der Waals surface area contributed by atoms with Crippen molar-refractivity contribution in [1.82, 2.24) is 9.97 Å². The summed E-state index contributed by atoms with van der Waals surface area (Å²) < 4.78 is 0. The molecule has 0 spiro atoms. The quantitative estimate of drug-likeness (QED) is 0.886. The number of anilines is 1. The number of rotatable bonds is 3. The Labute approximate surface area is 113 Å². The molecule has 4 nitrogen and oxygen atoms in total. The van der Waals surface area contributed by atoms with Crippen molar-refractivity contribution in [2.75, 3.05) is 11.9 Å². The first-order valence-electron chi connectivity index (χ1n) is 6.47. The average molecular weight is 270 g/mol. The number of aryl methyl sites for hydroxylation is 2. The van der Waals surface area contributed by atoms with Crippen LogP contribution in [-0.2, 0) is 0 Å². The fraction of sp³-hybridized carbons (Fsp3) is 0.692. The summed E-state index contributed by atoms with van der Waals surface area (Å²) in [7, 11) is 0. The fourth-order valence-electron chi connectivity index (χ4n) is 2.32. The van der Waals surface area contributed by atoms with Gasteiger partial charge in [0.1, 0.15) is 0 Å². The summed E-state index contributed by atoms with van der Waals surface area (Å²) in [6.45, 7) is 4.27. The largest absolute Gasteiger partial charge is 0.388 e. The molecule has 2 N–H and O–H groups in total. The number of nitrogens with one attached hydrogen (secondary N) is 1. The Morgan fingerprint density at radius 3 is 2.44 bits per heavy atom. The summed E-state index contributed by atoms with van der Waals surface area (Å²) in [5, 5.41) is 13.9. The highest BCUT2D eigenvalue weighted by Gasteiger charge is 2.29. The lowest BCUT2D eigenvalue weighted by Crippen LogP contribution is -2.39. The zero-order chi connectivity index (χ0) is 13.2. The number of hydrogen-bond acceptors (Lipinski definition) is 4. The average Bonchev–Trinajstić information content (AvgIpc) is 2.33. The monoisotopic (exact) mass is 269 g/mol. The molecule has 1 aliphatic carbocycles. The minimum atomic E-state index is -0.623. The molecule has 1 aromatic heterocycles. The van der Waals surface area contributed by atoms with Crippen molar-refractivity contribution in [3.8, 4) is 0 Å². The van der Waals surface area contributed by atoms with E-state index < -0.39 is 5.60 Å². The van der Waals surface area contributed by atoms with Crippen molar-refractivity contribution in [3.05, 3.63) is 16.5 Å². The molecule has 0 unspecified atom stereocenters. The lowest BCUT2D eigenvalue weighted by atomic mass is 9.85. The molecule has 1 fully saturated rings. The van der Waals surface area contributed by atoms with Gasteiger partial charge < -0.3 is 10.4 Å². The second kappa shape index (κ2) is 5.41. The van der Waals surface area contributed by atoms with Crippen LogP contribution in [0.5, 0.6) is 0 Å². The van der Waals surface area contributed by atoms with E-state index in [0.717, 1.165) is 37.1 Å². The molecule has 0 atom stereocenters. The van der Waals surface area contributed by atoms with E-state index in [0.29, 0.717) is 17.5 Å². The topological polar surface area (TPSA) is 58.0 Å². The third kappa shape index (κ3) is 3.12. The molecule has 1 aliphatic rings. The van der Waals surface area contributed by atoms with Gasteiger partial charge in [0.25, 0.3) is 0 Å². The Kier molecular flexibility index (Phi) is 4.07. The zero-order valence-corrected chi connectivity index (χ0v) is 11.7. The SMILES string of the molecule is Cc1nc(Cl)c(NCC2(O)CCCCC2)nc1C. The summed E-state index contributed by atoms with van der Waals surface area (Å²) in [4.78, 5) is 8.59. The van der Waals surface area contributed by atoms with E-state index in [1.807, 2.05) is 13.8 Å². The van der Waals surface area contributed by atoms with E-state index in [9.17, 15) is 5.11 Å². The highest BCUT2D eigenvalue weighted by molar-refractivity contribution is 6.31. The molecule has 1 heterocycles. The van der Waals surface area contributed by atoms with Crippen LogP contribution in [0, 0.1) is 13.8 Å². The zero-order valence-electron chi connectivity index (χ0n) is 11.0. The first-order valence-corrected chi connectivity index (χ1v) is 6.85. The molecule has 0 aliphatic heterocycles. The van der Waals surface area contributed by atoms with Gasteiger partial charge in [-0.15, -0.1) is 0 Å². The summed E-state index contributed by atoms with van der Waals surface area (Å²) in [6, 6.07) is 0. The number of nitrogens with zero attached hydrogens (tertiary/aromatic N) is 2. The molecule has 18 heavy (non-hydrogen) atoms. The second-order valence-corrected chi connectivity index (χ2v) is 5.53. The third-order valence-corrected chi connectivity index (χ3v) is 3.90. The highest BCUT2D eigenvalue weighted by Crippen LogP contribution is 2.29. The molecular formula is C13H20ClN3O. The van der Waals surface area contributed by atoms with Crippen molar-refractivity contribution in [2.24, 2.45) is 0 Å². The minimum Gasteiger partial charge on any atom is -0.388 e. The normalized spacial score (nSPS) is 18.7. The summed E-state index contributed by atoms with van der Waals surface area (Å²) in [6.07, 6.45) is 5.08. The Bertz CT molecular complexity index is 430. The number of aromatic nitrogens is 2.